The summed E-state index contributed by atoms with van der Waals surface area (Å²) in [6, 6.07) is 7.65. The molecular formula is C13H19NO2S. The van der Waals surface area contributed by atoms with Crippen molar-refractivity contribution in [3.63, 3.8) is 0 Å². The molecule has 0 spiro atoms. The molecular weight excluding hydrogens is 234 g/mol. The van der Waals surface area contributed by atoms with Gasteiger partial charge in [0.15, 0.2) is 9.84 Å². The van der Waals surface area contributed by atoms with E-state index in [4.69, 9.17) is 5.73 Å². The van der Waals surface area contributed by atoms with Crippen LogP contribution in [0.4, 0.5) is 0 Å². The molecule has 17 heavy (non-hydrogen) atoms. The summed E-state index contributed by atoms with van der Waals surface area (Å²) >= 11 is 0. The quantitative estimate of drug-likeness (QED) is 0.889. The Hall–Kier alpha value is -0.870. The molecule has 0 saturated heterocycles. The zero-order chi connectivity index (χ0) is 12.5. The molecule has 4 heteroatoms. The smallest absolute Gasteiger partial charge is 0.178 e. The second kappa shape index (κ2) is 4.78. The first-order valence-electron chi connectivity index (χ1n) is 6.08. The van der Waals surface area contributed by atoms with Gasteiger partial charge in [-0.1, -0.05) is 19.1 Å². The zero-order valence-electron chi connectivity index (χ0n) is 10.1. The number of hydrogen-bond donors (Lipinski definition) is 1. The van der Waals surface area contributed by atoms with Gasteiger partial charge >= 0.3 is 0 Å². The standard InChI is InChI=1S/C13H19NO2S/c1-2-17(15,16)13-5-3-10(4-6-13)7-11-8-12(14)9-11/h3-6,11-12H,2,7-9,14H2,1H3. The highest BCUT2D eigenvalue weighted by atomic mass is 32.2. The largest absolute Gasteiger partial charge is 0.328 e. The SMILES string of the molecule is CCS(=O)(=O)c1ccc(CC2CC(N)C2)cc1. The van der Waals surface area contributed by atoms with Crippen LogP contribution in [0.1, 0.15) is 25.3 Å². The molecule has 0 aliphatic heterocycles. The van der Waals surface area contributed by atoms with E-state index in [-0.39, 0.29) is 5.75 Å². The molecule has 0 amide bonds. The number of benzene rings is 1. The monoisotopic (exact) mass is 253 g/mol. The van der Waals surface area contributed by atoms with Crippen LogP contribution in [-0.2, 0) is 16.3 Å². The molecule has 3 nitrogen and oxygen atoms in total. The summed E-state index contributed by atoms with van der Waals surface area (Å²) in [4.78, 5) is 0.425. The molecule has 1 aliphatic rings. The molecule has 0 aromatic heterocycles. The minimum Gasteiger partial charge on any atom is -0.328 e. The Bertz CT molecular complexity index is 473. The van der Waals surface area contributed by atoms with Gasteiger partial charge in [-0.05, 0) is 42.9 Å². The molecule has 0 unspecified atom stereocenters. The molecule has 0 heterocycles. The van der Waals surface area contributed by atoms with Crippen LogP contribution in [0.3, 0.4) is 0 Å². The molecule has 1 aromatic rings. The fourth-order valence-corrected chi connectivity index (χ4v) is 3.17. The van der Waals surface area contributed by atoms with Gasteiger partial charge in [0.25, 0.3) is 0 Å². The third-order valence-corrected chi connectivity index (χ3v) is 5.21. The van der Waals surface area contributed by atoms with Crippen LogP contribution < -0.4 is 5.73 Å². The van der Waals surface area contributed by atoms with Crippen molar-refractivity contribution in [1.29, 1.82) is 0 Å². The van der Waals surface area contributed by atoms with Gasteiger partial charge in [0.1, 0.15) is 0 Å². The Kier molecular flexibility index (Phi) is 3.54. The molecule has 94 valence electrons. The van der Waals surface area contributed by atoms with Crippen LogP contribution in [0.15, 0.2) is 29.2 Å². The number of rotatable bonds is 4. The van der Waals surface area contributed by atoms with Gasteiger partial charge in [0, 0.05) is 6.04 Å². The highest BCUT2D eigenvalue weighted by Gasteiger charge is 2.25. The predicted molar refractivity (Wildman–Crippen MR) is 68.6 cm³/mol. The van der Waals surface area contributed by atoms with Crippen LogP contribution in [0, 0.1) is 5.92 Å². The molecule has 2 N–H and O–H groups in total. The maximum Gasteiger partial charge on any atom is 0.178 e. The van der Waals surface area contributed by atoms with Gasteiger partial charge in [-0.3, -0.25) is 0 Å². The Morgan fingerprint density at radius 2 is 1.82 bits per heavy atom. The Morgan fingerprint density at radius 1 is 1.24 bits per heavy atom. The van der Waals surface area contributed by atoms with Gasteiger partial charge in [-0.25, -0.2) is 8.42 Å². The van der Waals surface area contributed by atoms with E-state index in [0.29, 0.717) is 16.9 Å². The minimum absolute atomic E-state index is 0.157. The second-order valence-corrected chi connectivity index (χ2v) is 7.13. The molecule has 1 fully saturated rings. The molecule has 0 bridgehead atoms. The normalized spacial score (nSPS) is 24.4. The molecule has 2 rings (SSSR count). The zero-order valence-corrected chi connectivity index (χ0v) is 10.9. The first-order chi connectivity index (χ1) is 8.01. The van der Waals surface area contributed by atoms with E-state index < -0.39 is 9.84 Å². The second-order valence-electron chi connectivity index (χ2n) is 4.85. The lowest BCUT2D eigenvalue weighted by molar-refractivity contribution is 0.264. The Balaban J connectivity index is 2.03. The average Bonchev–Trinajstić information content (AvgIpc) is 2.28. The summed E-state index contributed by atoms with van der Waals surface area (Å²) < 4.78 is 23.3. The Labute approximate surface area is 103 Å². The summed E-state index contributed by atoms with van der Waals surface area (Å²) in [7, 11) is -3.06. The van der Waals surface area contributed by atoms with Crippen molar-refractivity contribution in [1.82, 2.24) is 0 Å². The molecule has 1 aromatic carbocycles. The van der Waals surface area contributed by atoms with Crippen molar-refractivity contribution >= 4 is 9.84 Å². The summed E-state index contributed by atoms with van der Waals surface area (Å²) in [6.45, 7) is 1.67. The predicted octanol–water partition coefficient (Wildman–Crippen LogP) is 1.76. The van der Waals surface area contributed by atoms with E-state index in [0.717, 1.165) is 19.3 Å². The summed E-state index contributed by atoms with van der Waals surface area (Å²) in [5.41, 5.74) is 6.95. The maximum absolute atomic E-state index is 11.6. The highest BCUT2D eigenvalue weighted by molar-refractivity contribution is 7.91. The van der Waals surface area contributed by atoms with Crippen molar-refractivity contribution in [3.05, 3.63) is 29.8 Å². The van der Waals surface area contributed by atoms with E-state index >= 15 is 0 Å². The average molecular weight is 253 g/mol. The van der Waals surface area contributed by atoms with Crippen molar-refractivity contribution in [2.45, 2.75) is 37.1 Å². The van der Waals surface area contributed by atoms with Crippen molar-refractivity contribution in [2.24, 2.45) is 11.7 Å². The molecule has 1 saturated carbocycles. The van der Waals surface area contributed by atoms with E-state index in [1.807, 2.05) is 12.1 Å². The van der Waals surface area contributed by atoms with E-state index in [1.165, 1.54) is 5.56 Å². The van der Waals surface area contributed by atoms with Crippen molar-refractivity contribution < 1.29 is 8.42 Å². The maximum atomic E-state index is 11.6. The fraction of sp³-hybridized carbons (Fsp3) is 0.538. The lowest BCUT2D eigenvalue weighted by Crippen LogP contribution is -2.37. The van der Waals surface area contributed by atoms with Gasteiger partial charge in [-0.2, -0.15) is 0 Å². The number of sulfone groups is 1. The summed E-state index contributed by atoms with van der Waals surface area (Å²) in [5, 5.41) is 0. The van der Waals surface area contributed by atoms with Crippen LogP contribution in [0.2, 0.25) is 0 Å². The summed E-state index contributed by atoms with van der Waals surface area (Å²) in [6.07, 6.45) is 3.20. The third kappa shape index (κ3) is 2.87. The molecule has 0 atom stereocenters. The first-order valence-corrected chi connectivity index (χ1v) is 7.74. The summed E-state index contributed by atoms with van der Waals surface area (Å²) in [5.74, 6) is 0.836. The topological polar surface area (TPSA) is 60.2 Å². The van der Waals surface area contributed by atoms with Crippen LogP contribution in [-0.4, -0.2) is 20.2 Å². The fourth-order valence-electron chi connectivity index (χ4n) is 2.29. The number of hydrogen-bond acceptors (Lipinski definition) is 3. The highest BCUT2D eigenvalue weighted by Crippen LogP contribution is 2.29. The Morgan fingerprint density at radius 3 is 2.29 bits per heavy atom. The minimum atomic E-state index is -3.06. The van der Waals surface area contributed by atoms with Gasteiger partial charge < -0.3 is 5.73 Å². The van der Waals surface area contributed by atoms with E-state index in [1.54, 1.807) is 19.1 Å². The van der Waals surface area contributed by atoms with Crippen LogP contribution >= 0.6 is 0 Å². The van der Waals surface area contributed by atoms with Crippen molar-refractivity contribution in [3.8, 4) is 0 Å². The van der Waals surface area contributed by atoms with Gasteiger partial charge in [-0.15, -0.1) is 0 Å². The van der Waals surface area contributed by atoms with Gasteiger partial charge in [0.05, 0.1) is 10.6 Å². The van der Waals surface area contributed by atoms with Crippen LogP contribution in [0.5, 0.6) is 0 Å². The lowest BCUT2D eigenvalue weighted by Gasteiger charge is -2.32. The van der Waals surface area contributed by atoms with Gasteiger partial charge in [0.2, 0.25) is 0 Å². The van der Waals surface area contributed by atoms with E-state index in [9.17, 15) is 8.42 Å². The first kappa shape index (κ1) is 12.6. The molecule has 0 radical (unpaired) electrons. The van der Waals surface area contributed by atoms with E-state index in [2.05, 4.69) is 0 Å². The lowest BCUT2D eigenvalue weighted by atomic mass is 9.77. The third-order valence-electron chi connectivity index (χ3n) is 3.46. The number of nitrogens with two attached hydrogens (primary N) is 1. The van der Waals surface area contributed by atoms with Crippen LogP contribution in [0.25, 0.3) is 0 Å². The van der Waals surface area contributed by atoms with Crippen molar-refractivity contribution in [2.75, 3.05) is 5.75 Å². The molecule has 1 aliphatic carbocycles.